The minimum atomic E-state index is -0.738. The monoisotopic (exact) mass is 341 g/mol. The van der Waals surface area contributed by atoms with E-state index in [1.807, 2.05) is 0 Å². The average molecular weight is 341 g/mol. The third-order valence-electron chi connectivity index (χ3n) is 6.24. The lowest BCUT2D eigenvalue weighted by Gasteiger charge is -2.39. The fourth-order valence-corrected chi connectivity index (χ4v) is 4.81. The Bertz CT molecular complexity index is 667. The Hall–Kier alpha value is -1.84. The zero-order valence-corrected chi connectivity index (χ0v) is 14.7. The van der Waals surface area contributed by atoms with Gasteiger partial charge >= 0.3 is 5.97 Å². The highest BCUT2D eigenvalue weighted by Gasteiger charge is 2.43. The minimum absolute atomic E-state index is 0.107. The van der Waals surface area contributed by atoms with Crippen LogP contribution in [-0.4, -0.2) is 27.9 Å². The first-order valence-corrected chi connectivity index (χ1v) is 9.78. The van der Waals surface area contributed by atoms with Gasteiger partial charge in [0.2, 0.25) is 5.91 Å². The lowest BCUT2D eigenvalue weighted by molar-refractivity contribution is -0.146. The van der Waals surface area contributed by atoms with Crippen molar-refractivity contribution in [2.75, 3.05) is 0 Å². The summed E-state index contributed by atoms with van der Waals surface area (Å²) < 4.78 is 0. The second-order valence-electron chi connectivity index (χ2n) is 7.98. The highest BCUT2D eigenvalue weighted by Crippen LogP contribution is 2.43. The van der Waals surface area contributed by atoms with Gasteiger partial charge in [-0.1, -0.05) is 30.7 Å². The Morgan fingerprint density at radius 1 is 0.960 bits per heavy atom. The Morgan fingerprint density at radius 2 is 1.72 bits per heavy atom. The summed E-state index contributed by atoms with van der Waals surface area (Å²) in [4.78, 5) is 26.9. The van der Waals surface area contributed by atoms with Crippen LogP contribution in [0, 0.1) is 11.8 Å². The SMILES string of the molecule is O=C(O)C1CCCC(C(=O)N(C2CC2)C2CCCc3ccccc32)C1. The van der Waals surface area contributed by atoms with Gasteiger partial charge in [0.05, 0.1) is 12.0 Å². The van der Waals surface area contributed by atoms with Crippen molar-refractivity contribution in [3.8, 4) is 0 Å². The molecule has 4 nitrogen and oxygen atoms in total. The van der Waals surface area contributed by atoms with Crippen LogP contribution >= 0.6 is 0 Å². The number of nitrogens with zero attached hydrogens (tertiary/aromatic N) is 1. The van der Waals surface area contributed by atoms with Crippen LogP contribution in [0.2, 0.25) is 0 Å². The Balaban J connectivity index is 1.58. The van der Waals surface area contributed by atoms with Gasteiger partial charge in [-0.15, -0.1) is 0 Å². The number of carbonyl (C=O) groups is 2. The molecule has 4 heteroatoms. The van der Waals surface area contributed by atoms with E-state index in [-0.39, 0.29) is 23.8 Å². The molecular formula is C21H27NO3. The summed E-state index contributed by atoms with van der Waals surface area (Å²) >= 11 is 0. The van der Waals surface area contributed by atoms with Gasteiger partial charge in [0.15, 0.2) is 0 Å². The highest BCUT2D eigenvalue weighted by atomic mass is 16.4. The predicted octanol–water partition coefficient (Wildman–Crippen LogP) is 3.95. The van der Waals surface area contributed by atoms with Gasteiger partial charge in [0, 0.05) is 12.0 Å². The molecule has 0 spiro atoms. The number of fused-ring (bicyclic) bond motifs is 1. The zero-order valence-electron chi connectivity index (χ0n) is 14.7. The molecule has 3 atom stereocenters. The van der Waals surface area contributed by atoms with E-state index >= 15 is 0 Å². The van der Waals surface area contributed by atoms with Crippen LogP contribution in [0.5, 0.6) is 0 Å². The summed E-state index contributed by atoms with van der Waals surface area (Å²) in [5.41, 5.74) is 2.70. The minimum Gasteiger partial charge on any atom is -0.481 e. The molecule has 0 aliphatic heterocycles. The van der Waals surface area contributed by atoms with E-state index < -0.39 is 5.97 Å². The number of hydrogen-bond donors (Lipinski definition) is 1. The predicted molar refractivity (Wildman–Crippen MR) is 95.1 cm³/mol. The summed E-state index contributed by atoms with van der Waals surface area (Å²) in [5.74, 6) is -0.972. The summed E-state index contributed by atoms with van der Waals surface area (Å²) in [6.07, 6.45) is 8.39. The number of hydrogen-bond acceptors (Lipinski definition) is 2. The molecule has 0 heterocycles. The molecule has 3 aliphatic rings. The van der Waals surface area contributed by atoms with Crippen LogP contribution in [-0.2, 0) is 16.0 Å². The Kier molecular flexibility index (Phi) is 4.53. The summed E-state index contributed by atoms with van der Waals surface area (Å²) in [7, 11) is 0. The normalized spacial score (nSPS) is 28.9. The van der Waals surface area contributed by atoms with E-state index in [1.165, 1.54) is 11.1 Å². The van der Waals surface area contributed by atoms with Crippen molar-refractivity contribution in [1.29, 1.82) is 0 Å². The average Bonchev–Trinajstić information content (AvgIpc) is 3.47. The number of amides is 1. The van der Waals surface area contributed by atoms with Gasteiger partial charge in [0.25, 0.3) is 0 Å². The molecule has 0 radical (unpaired) electrons. The molecular weight excluding hydrogens is 314 g/mol. The standard InChI is InChI=1S/C21H27NO3/c23-20(15-7-3-8-16(13-15)21(24)25)22(17-11-12-17)19-10-4-6-14-5-1-2-9-18(14)19/h1-2,5,9,15-17,19H,3-4,6-8,10-13H2,(H,24,25). The number of carboxylic acid groups (broad SMARTS) is 1. The van der Waals surface area contributed by atoms with Gasteiger partial charge in [0.1, 0.15) is 0 Å². The summed E-state index contributed by atoms with van der Waals surface area (Å²) in [5, 5.41) is 9.35. The van der Waals surface area contributed by atoms with Crippen molar-refractivity contribution < 1.29 is 14.7 Å². The fourth-order valence-electron chi connectivity index (χ4n) is 4.81. The first kappa shape index (κ1) is 16.6. The number of rotatable bonds is 4. The third kappa shape index (κ3) is 3.31. The van der Waals surface area contributed by atoms with Crippen molar-refractivity contribution in [1.82, 2.24) is 4.90 Å². The van der Waals surface area contributed by atoms with E-state index in [4.69, 9.17) is 0 Å². The Labute approximate surface area is 149 Å². The van der Waals surface area contributed by atoms with Crippen molar-refractivity contribution in [3.63, 3.8) is 0 Å². The summed E-state index contributed by atoms with van der Waals surface area (Å²) in [6.45, 7) is 0. The molecule has 0 bridgehead atoms. The van der Waals surface area contributed by atoms with Crippen LogP contribution in [0.25, 0.3) is 0 Å². The largest absolute Gasteiger partial charge is 0.481 e. The first-order valence-electron chi connectivity index (χ1n) is 9.78. The highest BCUT2D eigenvalue weighted by molar-refractivity contribution is 5.81. The van der Waals surface area contributed by atoms with E-state index in [2.05, 4.69) is 29.2 Å². The van der Waals surface area contributed by atoms with E-state index in [0.29, 0.717) is 12.5 Å². The van der Waals surface area contributed by atoms with E-state index in [9.17, 15) is 14.7 Å². The van der Waals surface area contributed by atoms with Crippen molar-refractivity contribution >= 4 is 11.9 Å². The van der Waals surface area contributed by atoms with E-state index in [1.54, 1.807) is 0 Å². The molecule has 0 saturated heterocycles. The van der Waals surface area contributed by atoms with Gasteiger partial charge in [-0.05, 0) is 62.5 Å². The zero-order chi connectivity index (χ0) is 17.4. The number of aliphatic carboxylic acids is 1. The second kappa shape index (κ2) is 6.81. The summed E-state index contributed by atoms with van der Waals surface area (Å²) in [6, 6.07) is 9.10. The molecule has 25 heavy (non-hydrogen) atoms. The van der Waals surface area contributed by atoms with Gasteiger partial charge in [-0.25, -0.2) is 0 Å². The first-order chi connectivity index (χ1) is 12.1. The van der Waals surface area contributed by atoms with Crippen LogP contribution in [0.3, 0.4) is 0 Å². The lowest BCUT2D eigenvalue weighted by Crippen LogP contribution is -2.43. The van der Waals surface area contributed by atoms with Crippen LogP contribution in [0.4, 0.5) is 0 Å². The van der Waals surface area contributed by atoms with E-state index in [0.717, 1.165) is 51.4 Å². The number of aryl methyl sites for hydroxylation is 1. The maximum absolute atomic E-state index is 13.4. The quantitative estimate of drug-likeness (QED) is 0.902. The molecule has 1 aromatic rings. The van der Waals surface area contributed by atoms with Gasteiger partial charge < -0.3 is 10.0 Å². The molecule has 4 rings (SSSR count). The third-order valence-corrected chi connectivity index (χ3v) is 6.24. The molecule has 1 N–H and O–H groups in total. The molecule has 0 aromatic heterocycles. The number of benzene rings is 1. The Morgan fingerprint density at radius 3 is 2.48 bits per heavy atom. The maximum Gasteiger partial charge on any atom is 0.306 e. The number of carbonyl (C=O) groups excluding carboxylic acids is 1. The molecule has 3 aliphatic carbocycles. The topological polar surface area (TPSA) is 57.6 Å². The van der Waals surface area contributed by atoms with Gasteiger partial charge in [-0.3, -0.25) is 9.59 Å². The molecule has 2 saturated carbocycles. The lowest BCUT2D eigenvalue weighted by atomic mass is 9.79. The maximum atomic E-state index is 13.4. The van der Waals surface area contributed by atoms with Crippen molar-refractivity contribution in [2.45, 2.75) is 69.9 Å². The van der Waals surface area contributed by atoms with Crippen LogP contribution in [0.1, 0.15) is 68.5 Å². The molecule has 2 fully saturated rings. The van der Waals surface area contributed by atoms with Crippen LogP contribution in [0.15, 0.2) is 24.3 Å². The van der Waals surface area contributed by atoms with Crippen LogP contribution < -0.4 is 0 Å². The molecule has 3 unspecified atom stereocenters. The molecule has 1 amide bonds. The van der Waals surface area contributed by atoms with Crippen molar-refractivity contribution in [2.24, 2.45) is 11.8 Å². The second-order valence-corrected chi connectivity index (χ2v) is 7.98. The molecule has 1 aromatic carbocycles. The number of carboxylic acids is 1. The molecule has 134 valence electrons. The fraction of sp³-hybridized carbons (Fsp3) is 0.619. The smallest absolute Gasteiger partial charge is 0.306 e. The van der Waals surface area contributed by atoms with Crippen molar-refractivity contribution in [3.05, 3.63) is 35.4 Å². The van der Waals surface area contributed by atoms with Gasteiger partial charge in [-0.2, -0.15) is 0 Å².